The predicted octanol–water partition coefficient (Wildman–Crippen LogP) is 5.25. The largest absolute Gasteiger partial charge is 0.507 e. The number of Topliss-reactive ketones (excluding diaryl/α,β-unsaturated/α-hetero) is 1. The van der Waals surface area contributed by atoms with E-state index in [0.29, 0.717) is 33.9 Å². The summed E-state index contributed by atoms with van der Waals surface area (Å²) < 4.78 is 10.6. The molecule has 1 heterocycles. The van der Waals surface area contributed by atoms with Gasteiger partial charge in [0, 0.05) is 11.3 Å². The number of carbonyl (C=O) groups excluding carboxylic acids is 2. The van der Waals surface area contributed by atoms with Crippen LogP contribution in [-0.2, 0) is 26.2 Å². The fraction of sp³-hybridized carbons (Fsp3) is 0.258. The first kappa shape index (κ1) is 27.4. The molecule has 2 N–H and O–H groups in total. The van der Waals surface area contributed by atoms with Crippen molar-refractivity contribution >= 4 is 29.1 Å². The van der Waals surface area contributed by atoms with Gasteiger partial charge < -0.3 is 19.7 Å². The van der Waals surface area contributed by atoms with Crippen molar-refractivity contribution in [3.8, 4) is 11.5 Å². The van der Waals surface area contributed by atoms with Crippen LogP contribution in [0.15, 0.2) is 72.3 Å². The first-order valence-corrected chi connectivity index (χ1v) is 12.4. The molecule has 0 radical (unpaired) electrons. The second-order valence-electron chi connectivity index (χ2n) is 10.3. The number of ether oxygens (including phenoxy) is 2. The van der Waals surface area contributed by atoms with Gasteiger partial charge in [0.25, 0.3) is 11.7 Å². The fourth-order valence-corrected chi connectivity index (χ4v) is 4.67. The second kappa shape index (κ2) is 10.6. The first-order chi connectivity index (χ1) is 18.5. The van der Waals surface area contributed by atoms with Crippen molar-refractivity contribution in [2.75, 3.05) is 19.1 Å². The number of carboxylic acids is 1. The zero-order chi connectivity index (χ0) is 28.5. The van der Waals surface area contributed by atoms with E-state index >= 15 is 0 Å². The van der Waals surface area contributed by atoms with E-state index in [2.05, 4.69) is 20.8 Å². The average Bonchev–Trinajstić information content (AvgIpc) is 3.17. The number of aliphatic hydroxyl groups is 1. The summed E-state index contributed by atoms with van der Waals surface area (Å²) in [6.07, 6.45) is -0.171. The van der Waals surface area contributed by atoms with Gasteiger partial charge in [0.05, 0.1) is 32.3 Å². The summed E-state index contributed by atoms with van der Waals surface area (Å²) in [5, 5.41) is 20.5. The van der Waals surface area contributed by atoms with Crippen molar-refractivity contribution in [1.29, 1.82) is 0 Å². The smallest absolute Gasteiger partial charge is 0.307 e. The van der Waals surface area contributed by atoms with Crippen molar-refractivity contribution in [2.45, 2.75) is 38.6 Å². The highest BCUT2D eigenvalue weighted by Gasteiger charge is 2.47. The number of rotatable bonds is 7. The van der Waals surface area contributed by atoms with Crippen molar-refractivity contribution in [3.05, 3.63) is 94.6 Å². The van der Waals surface area contributed by atoms with E-state index in [4.69, 9.17) is 14.6 Å². The van der Waals surface area contributed by atoms with Crippen LogP contribution in [0.4, 0.5) is 5.69 Å². The highest BCUT2D eigenvalue weighted by Crippen LogP contribution is 2.43. The van der Waals surface area contributed by atoms with Crippen LogP contribution in [0, 0.1) is 0 Å². The van der Waals surface area contributed by atoms with Crippen LogP contribution in [0.1, 0.15) is 49.1 Å². The first-order valence-electron chi connectivity index (χ1n) is 12.4. The van der Waals surface area contributed by atoms with Gasteiger partial charge in [-0.1, -0.05) is 57.2 Å². The lowest BCUT2D eigenvalue weighted by Gasteiger charge is -2.27. The van der Waals surface area contributed by atoms with Gasteiger partial charge >= 0.3 is 5.97 Å². The van der Waals surface area contributed by atoms with Gasteiger partial charge in [-0.05, 0) is 52.4 Å². The molecule has 1 unspecified atom stereocenters. The van der Waals surface area contributed by atoms with Gasteiger partial charge in [0.2, 0.25) is 0 Å². The van der Waals surface area contributed by atoms with E-state index in [0.717, 1.165) is 5.56 Å². The van der Waals surface area contributed by atoms with Gasteiger partial charge in [-0.2, -0.15) is 0 Å². The lowest BCUT2D eigenvalue weighted by molar-refractivity contribution is -0.136. The normalized spacial score (nSPS) is 16.8. The standard InChI is InChI=1S/C31H31NO7/c1-31(2,3)21-11-8-19(9-12-21)27-26(28(35)20-10-15-23(38-4)24(17-20)39-5)29(36)30(37)32(27)22-13-6-18(7-14-22)16-25(33)34/h6-15,17,27,35H,16H2,1-5H3,(H,33,34)/b28-26-. The number of ketones is 1. The number of benzene rings is 3. The Balaban J connectivity index is 1.89. The Labute approximate surface area is 227 Å². The quantitative estimate of drug-likeness (QED) is 0.244. The minimum Gasteiger partial charge on any atom is -0.507 e. The van der Waals surface area contributed by atoms with Crippen molar-refractivity contribution in [1.82, 2.24) is 0 Å². The molecule has 4 rings (SSSR count). The van der Waals surface area contributed by atoms with Gasteiger partial charge in [-0.3, -0.25) is 19.3 Å². The number of aliphatic carboxylic acids is 1. The van der Waals surface area contributed by atoms with E-state index < -0.39 is 23.7 Å². The molecule has 0 aromatic heterocycles. The topological polar surface area (TPSA) is 113 Å². The van der Waals surface area contributed by atoms with Crippen molar-refractivity contribution in [2.24, 2.45) is 0 Å². The second-order valence-corrected chi connectivity index (χ2v) is 10.3. The molecule has 1 saturated heterocycles. The minimum atomic E-state index is -0.975. The van der Waals surface area contributed by atoms with Crippen LogP contribution in [0.2, 0.25) is 0 Å². The number of aliphatic hydroxyl groups excluding tert-OH is 1. The van der Waals surface area contributed by atoms with Crippen LogP contribution >= 0.6 is 0 Å². The van der Waals surface area contributed by atoms with Gasteiger partial charge in [-0.25, -0.2) is 0 Å². The van der Waals surface area contributed by atoms with Crippen LogP contribution in [0.5, 0.6) is 11.5 Å². The highest BCUT2D eigenvalue weighted by atomic mass is 16.5. The van der Waals surface area contributed by atoms with Gasteiger partial charge in [0.15, 0.2) is 11.5 Å². The summed E-state index contributed by atoms with van der Waals surface area (Å²) in [4.78, 5) is 39.4. The number of amides is 1. The summed E-state index contributed by atoms with van der Waals surface area (Å²) >= 11 is 0. The minimum absolute atomic E-state index is 0.0645. The molecular weight excluding hydrogens is 498 g/mol. The summed E-state index contributed by atoms with van der Waals surface area (Å²) in [5.41, 5.74) is 2.78. The lowest BCUT2D eigenvalue weighted by Crippen LogP contribution is -2.29. The number of carbonyl (C=O) groups is 3. The van der Waals surface area contributed by atoms with Crippen LogP contribution in [-0.4, -0.2) is 42.1 Å². The molecule has 8 heteroatoms. The van der Waals surface area contributed by atoms with Crippen LogP contribution in [0.3, 0.4) is 0 Å². The molecule has 1 fully saturated rings. The summed E-state index contributed by atoms with van der Waals surface area (Å²) in [7, 11) is 2.96. The number of hydrogen-bond acceptors (Lipinski definition) is 6. The molecule has 1 amide bonds. The van der Waals surface area contributed by atoms with E-state index in [9.17, 15) is 19.5 Å². The average molecular weight is 530 g/mol. The van der Waals surface area contributed by atoms with Crippen LogP contribution in [0.25, 0.3) is 5.76 Å². The van der Waals surface area contributed by atoms with Crippen molar-refractivity contribution in [3.63, 3.8) is 0 Å². The summed E-state index contributed by atoms with van der Waals surface area (Å²) in [6, 6.07) is 17.8. The number of nitrogens with zero attached hydrogens (tertiary/aromatic N) is 1. The number of methoxy groups -OCH3 is 2. The van der Waals surface area contributed by atoms with Crippen LogP contribution < -0.4 is 14.4 Å². The third kappa shape index (κ3) is 5.36. The molecule has 8 nitrogen and oxygen atoms in total. The number of anilines is 1. The molecule has 3 aromatic carbocycles. The Morgan fingerprint density at radius 2 is 1.49 bits per heavy atom. The van der Waals surface area contributed by atoms with E-state index in [1.54, 1.807) is 42.5 Å². The third-order valence-corrected chi connectivity index (χ3v) is 6.76. The predicted molar refractivity (Wildman–Crippen MR) is 147 cm³/mol. The van der Waals surface area contributed by atoms with E-state index in [-0.39, 0.29) is 23.2 Å². The molecule has 3 aromatic rings. The zero-order valence-corrected chi connectivity index (χ0v) is 22.5. The van der Waals surface area contributed by atoms with E-state index in [1.807, 2.05) is 24.3 Å². The Morgan fingerprint density at radius 3 is 2.03 bits per heavy atom. The monoisotopic (exact) mass is 529 g/mol. The molecule has 1 aliphatic heterocycles. The summed E-state index contributed by atoms with van der Waals surface area (Å²) in [5.74, 6) is -2.14. The Morgan fingerprint density at radius 1 is 0.872 bits per heavy atom. The fourth-order valence-electron chi connectivity index (χ4n) is 4.67. The molecule has 0 saturated carbocycles. The maximum absolute atomic E-state index is 13.5. The summed E-state index contributed by atoms with van der Waals surface area (Å²) in [6.45, 7) is 6.26. The van der Waals surface area contributed by atoms with Crippen molar-refractivity contribution < 1.29 is 34.1 Å². The molecular formula is C31H31NO7. The molecule has 202 valence electrons. The maximum atomic E-state index is 13.5. The Bertz CT molecular complexity index is 1450. The third-order valence-electron chi connectivity index (χ3n) is 6.76. The van der Waals surface area contributed by atoms with Gasteiger partial charge in [0.1, 0.15) is 5.76 Å². The maximum Gasteiger partial charge on any atom is 0.307 e. The number of carboxylic acid groups (broad SMARTS) is 1. The molecule has 39 heavy (non-hydrogen) atoms. The van der Waals surface area contributed by atoms with E-state index in [1.165, 1.54) is 19.1 Å². The molecule has 1 aliphatic rings. The molecule has 0 spiro atoms. The molecule has 0 bridgehead atoms. The Kier molecular flexibility index (Phi) is 7.49. The van der Waals surface area contributed by atoms with Gasteiger partial charge in [-0.15, -0.1) is 0 Å². The highest BCUT2D eigenvalue weighted by molar-refractivity contribution is 6.51. The lowest BCUT2D eigenvalue weighted by atomic mass is 9.85. The SMILES string of the molecule is COc1ccc(/C(O)=C2/C(=O)C(=O)N(c3ccc(CC(=O)O)cc3)C2c2ccc(C(C)(C)C)cc2)cc1OC. The zero-order valence-electron chi connectivity index (χ0n) is 22.5. The number of hydrogen-bond donors (Lipinski definition) is 2. The molecule has 1 atom stereocenters. The Hall–Kier alpha value is -4.59. The molecule has 0 aliphatic carbocycles.